The molecular weight excluding hydrogens is 285 g/mol. The molecule has 8 heteroatoms. The molecule has 104 valence electrons. The highest BCUT2D eigenvalue weighted by molar-refractivity contribution is 7.87. The summed E-state index contributed by atoms with van der Waals surface area (Å²) in [7, 11) is -6.19. The molecule has 19 heavy (non-hydrogen) atoms. The molecule has 0 aliphatic heterocycles. The SMILES string of the molecule is N#CCC[P+](CCC#N)(CCC#N)CCS(=O)(=O)[O-]. The highest BCUT2D eigenvalue weighted by Crippen LogP contribution is 2.59. The van der Waals surface area contributed by atoms with Crippen molar-refractivity contribution in [3.8, 4) is 18.2 Å². The molecule has 0 heterocycles. The second-order valence-electron chi connectivity index (χ2n) is 4.22. The zero-order chi connectivity index (χ0) is 14.8. The smallest absolute Gasteiger partial charge is 0.0981 e. The van der Waals surface area contributed by atoms with Crippen molar-refractivity contribution in [2.75, 3.05) is 30.4 Å². The Labute approximate surface area is 114 Å². The maximum Gasteiger partial charge on any atom is 0.0981 e. The average Bonchev–Trinajstić information content (AvgIpc) is 2.36. The second kappa shape index (κ2) is 8.83. The van der Waals surface area contributed by atoms with E-state index in [0.29, 0.717) is 18.5 Å². The summed E-state index contributed by atoms with van der Waals surface area (Å²) in [5, 5.41) is 26.0. The van der Waals surface area contributed by atoms with Gasteiger partial charge in [-0.05, 0) is 0 Å². The van der Waals surface area contributed by atoms with Crippen LogP contribution in [0, 0.1) is 34.0 Å². The number of nitrogens with zero attached hydrogens (tertiary/aromatic N) is 3. The molecule has 0 aliphatic rings. The molecule has 0 aliphatic carbocycles. The van der Waals surface area contributed by atoms with Crippen LogP contribution < -0.4 is 0 Å². The fraction of sp³-hybridized carbons (Fsp3) is 0.727. The summed E-state index contributed by atoms with van der Waals surface area (Å²) < 4.78 is 32.3. The average molecular weight is 301 g/mol. The standard InChI is InChI=1S/C11H16N3O3PS/c12-4-1-7-18(8-2-5-13,9-3-6-14)10-11-19(15,16)17/h1-3,7-11H2. The molecule has 0 saturated heterocycles. The minimum atomic E-state index is -4.30. The van der Waals surface area contributed by atoms with E-state index in [1.807, 2.05) is 18.2 Å². The Kier molecular flexibility index (Phi) is 8.28. The van der Waals surface area contributed by atoms with E-state index in [1.54, 1.807) is 0 Å². The van der Waals surface area contributed by atoms with Gasteiger partial charge in [0.15, 0.2) is 0 Å². The van der Waals surface area contributed by atoms with E-state index in [9.17, 15) is 13.0 Å². The van der Waals surface area contributed by atoms with Gasteiger partial charge in [0.2, 0.25) is 0 Å². The van der Waals surface area contributed by atoms with Crippen molar-refractivity contribution >= 4 is 17.4 Å². The molecule has 0 atom stereocenters. The molecule has 0 N–H and O–H groups in total. The molecule has 0 rings (SSSR count). The third kappa shape index (κ3) is 8.51. The molecule has 0 bridgehead atoms. The lowest BCUT2D eigenvalue weighted by Crippen LogP contribution is -2.18. The van der Waals surface area contributed by atoms with Crippen LogP contribution >= 0.6 is 7.26 Å². The quantitative estimate of drug-likeness (QED) is 0.466. The Bertz CT molecular complexity index is 453. The fourth-order valence-corrected chi connectivity index (χ4v) is 7.35. The Hall–Kier alpha value is -1.19. The highest BCUT2D eigenvalue weighted by Gasteiger charge is 2.36. The number of nitriles is 3. The van der Waals surface area contributed by atoms with E-state index >= 15 is 0 Å². The van der Waals surface area contributed by atoms with Crippen LogP contribution in [0.4, 0.5) is 0 Å². The lowest BCUT2D eigenvalue weighted by Gasteiger charge is -2.26. The van der Waals surface area contributed by atoms with Crippen molar-refractivity contribution in [3.05, 3.63) is 0 Å². The van der Waals surface area contributed by atoms with Crippen LogP contribution in [0.1, 0.15) is 19.3 Å². The molecule has 6 nitrogen and oxygen atoms in total. The number of hydrogen-bond donors (Lipinski definition) is 0. The van der Waals surface area contributed by atoms with E-state index in [-0.39, 0.29) is 25.4 Å². The summed E-state index contributed by atoms with van der Waals surface area (Å²) >= 11 is 0. The first-order chi connectivity index (χ1) is 8.89. The third-order valence-electron chi connectivity index (χ3n) is 2.91. The second-order valence-corrected chi connectivity index (χ2v) is 10.2. The molecule has 0 aromatic rings. The minimum absolute atomic E-state index is 0.212. The van der Waals surface area contributed by atoms with Crippen LogP contribution in [0.3, 0.4) is 0 Å². The van der Waals surface area contributed by atoms with Crippen LogP contribution in [0.25, 0.3) is 0 Å². The van der Waals surface area contributed by atoms with Crippen LogP contribution in [0.2, 0.25) is 0 Å². The van der Waals surface area contributed by atoms with Gasteiger partial charge in [-0.15, -0.1) is 0 Å². The maximum absolute atomic E-state index is 10.8. The van der Waals surface area contributed by atoms with Crippen LogP contribution in [0.5, 0.6) is 0 Å². The van der Waals surface area contributed by atoms with E-state index in [0.717, 1.165) is 0 Å². The van der Waals surface area contributed by atoms with Crippen molar-refractivity contribution in [1.29, 1.82) is 15.8 Å². The molecular formula is C11H16N3O3PS. The van der Waals surface area contributed by atoms with Gasteiger partial charge in [0, 0.05) is 7.26 Å². The molecule has 0 radical (unpaired) electrons. The first kappa shape index (κ1) is 17.8. The lowest BCUT2D eigenvalue weighted by molar-refractivity contribution is 0.464. The number of hydrogen-bond acceptors (Lipinski definition) is 6. The van der Waals surface area contributed by atoms with Gasteiger partial charge in [-0.3, -0.25) is 0 Å². The Morgan fingerprint density at radius 3 is 1.47 bits per heavy atom. The van der Waals surface area contributed by atoms with E-state index < -0.39 is 23.1 Å². The lowest BCUT2D eigenvalue weighted by atomic mass is 10.5. The van der Waals surface area contributed by atoms with Crippen LogP contribution in [-0.4, -0.2) is 43.4 Å². The third-order valence-corrected chi connectivity index (χ3v) is 8.61. The molecule has 0 amide bonds. The van der Waals surface area contributed by atoms with E-state index in [4.69, 9.17) is 15.8 Å². The van der Waals surface area contributed by atoms with Crippen molar-refractivity contribution < 1.29 is 13.0 Å². The first-order valence-corrected chi connectivity index (χ1v) is 9.89. The topological polar surface area (TPSA) is 129 Å². The van der Waals surface area contributed by atoms with Gasteiger partial charge in [0.1, 0.15) is 0 Å². The maximum atomic E-state index is 10.8. The van der Waals surface area contributed by atoms with Crippen LogP contribution in [-0.2, 0) is 10.1 Å². The normalized spacial score (nSPS) is 11.3. The molecule has 0 fully saturated rings. The Balaban J connectivity index is 4.94. The summed E-state index contributed by atoms with van der Waals surface area (Å²) in [5.41, 5.74) is 0. The molecule has 0 saturated carbocycles. The van der Waals surface area contributed by atoms with Crippen molar-refractivity contribution in [3.63, 3.8) is 0 Å². The van der Waals surface area contributed by atoms with Gasteiger partial charge in [-0.2, -0.15) is 15.8 Å². The predicted octanol–water partition coefficient (Wildman–Crippen LogP) is 1.29. The van der Waals surface area contributed by atoms with Crippen LogP contribution in [0.15, 0.2) is 0 Å². The Morgan fingerprint density at radius 2 is 1.21 bits per heavy atom. The summed E-state index contributed by atoms with van der Waals surface area (Å²) in [6, 6.07) is 6.02. The minimum Gasteiger partial charge on any atom is -0.748 e. The predicted molar refractivity (Wildman–Crippen MR) is 71.6 cm³/mol. The zero-order valence-corrected chi connectivity index (χ0v) is 12.3. The molecule has 0 aromatic carbocycles. The fourth-order valence-electron chi connectivity index (χ4n) is 1.84. The van der Waals surface area contributed by atoms with Gasteiger partial charge in [0.05, 0.1) is 78.0 Å². The van der Waals surface area contributed by atoms with Gasteiger partial charge >= 0.3 is 0 Å². The first-order valence-electron chi connectivity index (χ1n) is 5.79. The van der Waals surface area contributed by atoms with E-state index in [1.165, 1.54) is 0 Å². The van der Waals surface area contributed by atoms with Gasteiger partial charge < -0.3 is 4.55 Å². The van der Waals surface area contributed by atoms with Gasteiger partial charge in [0.25, 0.3) is 0 Å². The zero-order valence-electron chi connectivity index (χ0n) is 10.6. The summed E-state index contributed by atoms with van der Waals surface area (Å²) in [5.74, 6) is -0.469. The summed E-state index contributed by atoms with van der Waals surface area (Å²) in [4.78, 5) is 0. The summed E-state index contributed by atoms with van der Waals surface area (Å²) in [6.07, 6.45) is 2.56. The number of rotatable bonds is 9. The Morgan fingerprint density at radius 1 is 0.842 bits per heavy atom. The highest BCUT2D eigenvalue weighted by atomic mass is 32.2. The van der Waals surface area contributed by atoms with Crippen molar-refractivity contribution in [1.82, 2.24) is 0 Å². The van der Waals surface area contributed by atoms with E-state index in [2.05, 4.69) is 0 Å². The van der Waals surface area contributed by atoms with Gasteiger partial charge in [-0.25, -0.2) is 8.42 Å². The summed E-state index contributed by atoms with van der Waals surface area (Å²) in [6.45, 7) is 0. The van der Waals surface area contributed by atoms with Crippen molar-refractivity contribution in [2.24, 2.45) is 0 Å². The monoisotopic (exact) mass is 301 g/mol. The largest absolute Gasteiger partial charge is 0.748 e. The van der Waals surface area contributed by atoms with Crippen molar-refractivity contribution in [2.45, 2.75) is 19.3 Å². The molecule has 0 unspecified atom stereocenters. The molecule has 0 aromatic heterocycles. The van der Waals surface area contributed by atoms with Gasteiger partial charge in [-0.1, -0.05) is 0 Å². The molecule has 0 spiro atoms.